The molecule has 2 unspecified atom stereocenters. The maximum absolute atomic E-state index is 13.3. The highest BCUT2D eigenvalue weighted by Crippen LogP contribution is 2.41. The van der Waals surface area contributed by atoms with E-state index >= 15 is 0 Å². The summed E-state index contributed by atoms with van der Waals surface area (Å²) >= 11 is 0. The van der Waals surface area contributed by atoms with E-state index in [-0.39, 0.29) is 23.9 Å². The van der Waals surface area contributed by atoms with E-state index in [0.29, 0.717) is 25.1 Å². The van der Waals surface area contributed by atoms with Crippen LogP contribution in [0.15, 0.2) is 12.1 Å². The van der Waals surface area contributed by atoms with Crippen LogP contribution in [0.4, 0.5) is 18.0 Å². The van der Waals surface area contributed by atoms with E-state index in [2.05, 4.69) is 15.6 Å². The van der Waals surface area contributed by atoms with Gasteiger partial charge in [-0.2, -0.15) is 13.2 Å². The van der Waals surface area contributed by atoms with Gasteiger partial charge in [-0.1, -0.05) is 0 Å². The zero-order valence-electron chi connectivity index (χ0n) is 15.8. The lowest BCUT2D eigenvalue weighted by Gasteiger charge is -2.31. The number of pyridine rings is 1. The number of carbonyl (C=O) groups excluding carboxylic acids is 3. The summed E-state index contributed by atoms with van der Waals surface area (Å²) in [4.78, 5) is 41.9. The third-order valence-corrected chi connectivity index (χ3v) is 5.78. The zero-order chi connectivity index (χ0) is 21.0. The molecule has 3 fully saturated rings. The Bertz CT molecular complexity index is 884. The van der Waals surface area contributed by atoms with E-state index in [9.17, 15) is 27.6 Å². The lowest BCUT2D eigenvalue weighted by molar-refractivity contribution is -0.141. The van der Waals surface area contributed by atoms with Gasteiger partial charge in [0, 0.05) is 29.8 Å². The summed E-state index contributed by atoms with van der Waals surface area (Å²) in [6.45, 7) is 1.96. The second-order valence-corrected chi connectivity index (χ2v) is 8.18. The van der Waals surface area contributed by atoms with E-state index in [1.165, 1.54) is 11.0 Å². The quantitative estimate of drug-likeness (QED) is 0.747. The number of imide groups is 1. The van der Waals surface area contributed by atoms with Gasteiger partial charge in [0.25, 0.3) is 11.8 Å². The van der Waals surface area contributed by atoms with Gasteiger partial charge < -0.3 is 10.2 Å². The number of amides is 4. The molecule has 29 heavy (non-hydrogen) atoms. The van der Waals surface area contributed by atoms with Gasteiger partial charge in [0.2, 0.25) is 0 Å². The number of rotatable bonds is 4. The maximum atomic E-state index is 13.3. The van der Waals surface area contributed by atoms with Crippen LogP contribution in [-0.2, 0) is 11.0 Å². The van der Waals surface area contributed by atoms with E-state index in [0.717, 1.165) is 18.9 Å². The zero-order valence-corrected chi connectivity index (χ0v) is 15.8. The highest BCUT2D eigenvalue weighted by atomic mass is 19.4. The summed E-state index contributed by atoms with van der Waals surface area (Å²) < 4.78 is 39.8. The van der Waals surface area contributed by atoms with Crippen LogP contribution in [0.3, 0.4) is 0 Å². The fourth-order valence-electron chi connectivity index (χ4n) is 4.08. The average molecular weight is 410 g/mol. The van der Waals surface area contributed by atoms with Crippen molar-refractivity contribution in [3.63, 3.8) is 0 Å². The summed E-state index contributed by atoms with van der Waals surface area (Å²) in [5.41, 5.74) is -1.95. The fourth-order valence-corrected chi connectivity index (χ4v) is 4.08. The van der Waals surface area contributed by atoms with E-state index in [1.807, 2.05) is 0 Å². The van der Waals surface area contributed by atoms with Crippen molar-refractivity contribution in [3.05, 3.63) is 29.1 Å². The molecule has 1 aromatic rings. The topological polar surface area (TPSA) is 91.4 Å². The summed E-state index contributed by atoms with van der Waals surface area (Å²) in [6.07, 6.45) is -1.62. The lowest BCUT2D eigenvalue weighted by atomic mass is 9.92. The molecule has 1 aliphatic carbocycles. The summed E-state index contributed by atoms with van der Waals surface area (Å²) in [5.74, 6) is -1.01. The number of hydrogen-bond acceptors (Lipinski definition) is 4. The Morgan fingerprint density at radius 3 is 2.59 bits per heavy atom. The molecule has 4 amide bonds. The summed E-state index contributed by atoms with van der Waals surface area (Å²) in [6, 6.07) is 1.31. The first-order valence-corrected chi connectivity index (χ1v) is 9.60. The van der Waals surface area contributed by atoms with Crippen molar-refractivity contribution in [2.24, 2.45) is 0 Å². The number of urea groups is 1. The third-order valence-electron chi connectivity index (χ3n) is 5.78. The molecule has 0 spiro atoms. The number of carbonyl (C=O) groups is 3. The van der Waals surface area contributed by atoms with Gasteiger partial charge in [0.15, 0.2) is 0 Å². The standard InChI is InChI=1S/C19H21F3N4O3/c1-18(16(28)24-17(29)25-18)9-12-3-2-6-26(12)15(27)11-7-13(10-4-5-10)23-14(8-11)19(20,21)22/h7-8,10,12H,2-6,9H2,1H3,(H2,24,25,28,29). The first-order valence-electron chi connectivity index (χ1n) is 9.60. The highest BCUT2D eigenvalue weighted by molar-refractivity contribution is 6.06. The molecule has 0 radical (unpaired) electrons. The smallest absolute Gasteiger partial charge is 0.336 e. The van der Waals surface area contributed by atoms with Crippen molar-refractivity contribution in [3.8, 4) is 0 Å². The summed E-state index contributed by atoms with van der Waals surface area (Å²) in [7, 11) is 0. The van der Waals surface area contributed by atoms with Crippen LogP contribution < -0.4 is 10.6 Å². The first kappa shape index (κ1) is 19.7. The van der Waals surface area contributed by atoms with Crippen molar-refractivity contribution in [1.29, 1.82) is 0 Å². The molecular formula is C19H21F3N4O3. The minimum atomic E-state index is -4.63. The van der Waals surface area contributed by atoms with Gasteiger partial charge in [0.1, 0.15) is 11.2 Å². The van der Waals surface area contributed by atoms with Gasteiger partial charge in [-0.15, -0.1) is 0 Å². The summed E-state index contributed by atoms with van der Waals surface area (Å²) in [5, 5.41) is 4.75. The number of alkyl halides is 3. The van der Waals surface area contributed by atoms with Crippen LogP contribution in [0.25, 0.3) is 0 Å². The number of nitrogens with zero attached hydrogens (tertiary/aromatic N) is 2. The maximum Gasteiger partial charge on any atom is 0.433 e. The molecule has 4 rings (SSSR count). The monoisotopic (exact) mass is 410 g/mol. The second kappa shape index (κ2) is 6.70. The largest absolute Gasteiger partial charge is 0.433 e. The molecule has 1 aromatic heterocycles. The minimum Gasteiger partial charge on any atom is -0.336 e. The molecule has 2 N–H and O–H groups in total. The number of likely N-dealkylation sites (tertiary alicyclic amines) is 1. The van der Waals surface area contributed by atoms with Crippen LogP contribution in [0.1, 0.15) is 66.7 Å². The van der Waals surface area contributed by atoms with Crippen molar-refractivity contribution < 1.29 is 27.6 Å². The van der Waals surface area contributed by atoms with Crippen molar-refractivity contribution in [2.45, 2.75) is 62.7 Å². The molecule has 2 saturated heterocycles. The predicted molar refractivity (Wildman–Crippen MR) is 95.0 cm³/mol. The molecule has 2 atom stereocenters. The molecule has 1 saturated carbocycles. The van der Waals surface area contributed by atoms with Crippen LogP contribution in [0.5, 0.6) is 0 Å². The number of hydrogen-bond donors (Lipinski definition) is 2. The molecule has 0 bridgehead atoms. The Balaban J connectivity index is 1.59. The Morgan fingerprint density at radius 2 is 2.00 bits per heavy atom. The molecule has 3 aliphatic rings. The van der Waals surface area contributed by atoms with E-state index < -0.39 is 35.3 Å². The second-order valence-electron chi connectivity index (χ2n) is 8.18. The van der Waals surface area contributed by atoms with Crippen LogP contribution >= 0.6 is 0 Å². The molecule has 0 aromatic carbocycles. The van der Waals surface area contributed by atoms with Crippen molar-refractivity contribution in [2.75, 3.05) is 6.54 Å². The minimum absolute atomic E-state index is 0.0328. The Hall–Kier alpha value is -2.65. The SMILES string of the molecule is CC1(CC2CCCN2C(=O)c2cc(C3CC3)nc(C(F)(F)F)c2)NC(=O)NC1=O. The van der Waals surface area contributed by atoms with Gasteiger partial charge in [-0.3, -0.25) is 14.9 Å². The molecule has 156 valence electrons. The Labute approximate surface area is 165 Å². The van der Waals surface area contributed by atoms with Crippen LogP contribution in [0, 0.1) is 0 Å². The predicted octanol–water partition coefficient (Wildman–Crippen LogP) is 2.57. The third kappa shape index (κ3) is 3.79. The fraction of sp³-hybridized carbons (Fsp3) is 0.579. The average Bonchev–Trinajstić information content (AvgIpc) is 3.34. The van der Waals surface area contributed by atoms with Gasteiger partial charge >= 0.3 is 12.2 Å². The molecular weight excluding hydrogens is 389 g/mol. The highest BCUT2D eigenvalue weighted by Gasteiger charge is 2.46. The van der Waals surface area contributed by atoms with Gasteiger partial charge in [-0.05, 0) is 51.2 Å². The molecule has 7 nitrogen and oxygen atoms in total. The van der Waals surface area contributed by atoms with Crippen molar-refractivity contribution in [1.82, 2.24) is 20.5 Å². The normalized spacial score (nSPS) is 27.2. The number of aromatic nitrogens is 1. The molecule has 10 heteroatoms. The van der Waals surface area contributed by atoms with Gasteiger partial charge in [-0.25, -0.2) is 9.78 Å². The van der Waals surface area contributed by atoms with E-state index in [4.69, 9.17) is 0 Å². The van der Waals surface area contributed by atoms with Crippen LogP contribution in [-0.4, -0.2) is 45.9 Å². The number of halogens is 3. The molecule has 2 aliphatic heterocycles. The van der Waals surface area contributed by atoms with Crippen LogP contribution in [0.2, 0.25) is 0 Å². The number of nitrogens with one attached hydrogen (secondary N) is 2. The molecule has 3 heterocycles. The lowest BCUT2D eigenvalue weighted by Crippen LogP contribution is -2.49. The Kier molecular flexibility index (Phi) is 4.54. The Morgan fingerprint density at radius 1 is 1.28 bits per heavy atom. The van der Waals surface area contributed by atoms with E-state index in [1.54, 1.807) is 6.92 Å². The van der Waals surface area contributed by atoms with Gasteiger partial charge in [0.05, 0.1) is 0 Å². The first-order chi connectivity index (χ1) is 13.6. The van der Waals surface area contributed by atoms with Crippen molar-refractivity contribution >= 4 is 17.8 Å².